The minimum absolute atomic E-state index is 0.0487. The molecule has 0 radical (unpaired) electrons. The lowest BCUT2D eigenvalue weighted by Crippen LogP contribution is -2.40. The van der Waals surface area contributed by atoms with E-state index in [0.29, 0.717) is 12.0 Å². The average molecular weight is 382 g/mol. The van der Waals surface area contributed by atoms with E-state index in [2.05, 4.69) is 0 Å². The minimum Gasteiger partial charge on any atom is -0.452 e. The Morgan fingerprint density at radius 1 is 1.35 bits per heavy atom. The van der Waals surface area contributed by atoms with Gasteiger partial charge in [-0.25, -0.2) is 13.2 Å². The van der Waals surface area contributed by atoms with Gasteiger partial charge in [0.15, 0.2) is 16.4 Å². The molecule has 0 saturated carbocycles. The van der Waals surface area contributed by atoms with Gasteiger partial charge in [-0.1, -0.05) is 0 Å². The summed E-state index contributed by atoms with van der Waals surface area (Å²) in [6, 6.07) is 5.16. The molecule has 1 unspecified atom stereocenters. The lowest BCUT2D eigenvalue weighted by atomic mass is 10.2. The van der Waals surface area contributed by atoms with Gasteiger partial charge in [-0.3, -0.25) is 14.9 Å². The van der Waals surface area contributed by atoms with Crippen LogP contribution in [0, 0.1) is 10.1 Å². The summed E-state index contributed by atoms with van der Waals surface area (Å²) in [6.07, 6.45) is 2.89. The molecule has 1 saturated heterocycles. The fourth-order valence-corrected chi connectivity index (χ4v) is 4.21. The predicted molar refractivity (Wildman–Crippen MR) is 92.9 cm³/mol. The number of nitrogens with zero attached hydrogens (tertiary/aromatic N) is 2. The number of likely N-dealkylation sites (N-methyl/N-ethyl adjacent to an activating group) is 1. The standard InChI is InChI=1S/C16H18N2O7S/c1-17(14-8-9-26(23,24)11-14)15(19)10-25-16(20)7-4-12-2-5-13(6-3-12)18(21)22/h2-7,14H,8-11H2,1H3. The largest absolute Gasteiger partial charge is 0.452 e. The fourth-order valence-electron chi connectivity index (χ4n) is 2.44. The van der Waals surface area contributed by atoms with Gasteiger partial charge < -0.3 is 9.64 Å². The van der Waals surface area contributed by atoms with E-state index in [9.17, 15) is 28.1 Å². The van der Waals surface area contributed by atoms with Crippen molar-refractivity contribution in [3.63, 3.8) is 0 Å². The number of sulfone groups is 1. The third-order valence-corrected chi connectivity index (χ3v) is 5.75. The summed E-state index contributed by atoms with van der Waals surface area (Å²) in [5.74, 6) is -1.26. The predicted octanol–water partition coefficient (Wildman–Crippen LogP) is 0.797. The van der Waals surface area contributed by atoms with Crippen molar-refractivity contribution in [2.75, 3.05) is 25.2 Å². The van der Waals surface area contributed by atoms with Crippen molar-refractivity contribution in [2.24, 2.45) is 0 Å². The molecule has 1 atom stereocenters. The van der Waals surface area contributed by atoms with E-state index in [1.165, 1.54) is 42.3 Å². The SMILES string of the molecule is CN(C(=O)COC(=O)C=Cc1ccc([N+](=O)[O-])cc1)C1CCS(=O)(=O)C1. The highest BCUT2D eigenvalue weighted by Crippen LogP contribution is 2.16. The van der Waals surface area contributed by atoms with E-state index in [4.69, 9.17) is 4.74 Å². The molecule has 0 bridgehead atoms. The van der Waals surface area contributed by atoms with Crippen molar-refractivity contribution in [3.05, 3.63) is 46.0 Å². The second kappa shape index (κ2) is 8.09. The van der Waals surface area contributed by atoms with Gasteiger partial charge in [-0.05, 0) is 30.2 Å². The Morgan fingerprint density at radius 3 is 2.54 bits per heavy atom. The summed E-state index contributed by atoms with van der Waals surface area (Å²) in [4.78, 5) is 35.0. The van der Waals surface area contributed by atoms with Crippen LogP contribution in [-0.4, -0.2) is 61.3 Å². The summed E-state index contributed by atoms with van der Waals surface area (Å²) >= 11 is 0. The van der Waals surface area contributed by atoms with E-state index < -0.39 is 39.3 Å². The zero-order valence-corrected chi connectivity index (χ0v) is 14.8. The van der Waals surface area contributed by atoms with Crippen LogP contribution < -0.4 is 0 Å². The maximum absolute atomic E-state index is 12.0. The van der Waals surface area contributed by atoms with Crippen LogP contribution in [0.2, 0.25) is 0 Å². The average Bonchev–Trinajstić information content (AvgIpc) is 2.97. The van der Waals surface area contributed by atoms with Gasteiger partial charge in [-0.15, -0.1) is 0 Å². The van der Waals surface area contributed by atoms with Crippen molar-refractivity contribution < 1.29 is 27.7 Å². The van der Waals surface area contributed by atoms with Crippen molar-refractivity contribution in [3.8, 4) is 0 Å². The van der Waals surface area contributed by atoms with Gasteiger partial charge in [0.05, 0.1) is 16.4 Å². The van der Waals surface area contributed by atoms with Crippen LogP contribution in [0.4, 0.5) is 5.69 Å². The number of amides is 1. The Morgan fingerprint density at radius 2 is 2.00 bits per heavy atom. The highest BCUT2D eigenvalue weighted by molar-refractivity contribution is 7.91. The molecule has 26 heavy (non-hydrogen) atoms. The molecule has 0 aromatic heterocycles. The van der Waals surface area contributed by atoms with Crippen molar-refractivity contribution >= 4 is 33.5 Å². The second-order valence-electron chi connectivity index (χ2n) is 5.85. The number of ether oxygens (including phenoxy) is 1. The number of nitro benzene ring substituents is 1. The monoisotopic (exact) mass is 382 g/mol. The molecule has 1 aliphatic rings. The van der Waals surface area contributed by atoms with Crippen LogP contribution in [0.15, 0.2) is 30.3 Å². The van der Waals surface area contributed by atoms with E-state index in [1.807, 2.05) is 0 Å². The first-order chi connectivity index (χ1) is 12.2. The normalized spacial score (nSPS) is 18.6. The molecule has 2 rings (SSSR count). The Balaban J connectivity index is 1.82. The molecule has 1 amide bonds. The van der Waals surface area contributed by atoms with Crippen molar-refractivity contribution in [1.29, 1.82) is 0 Å². The molecule has 0 aliphatic carbocycles. The molecule has 140 valence electrons. The highest BCUT2D eigenvalue weighted by atomic mass is 32.2. The van der Waals surface area contributed by atoms with Crippen LogP contribution in [-0.2, 0) is 24.2 Å². The number of carbonyl (C=O) groups is 2. The summed E-state index contributed by atoms with van der Waals surface area (Å²) in [5, 5.41) is 10.6. The summed E-state index contributed by atoms with van der Waals surface area (Å²) in [7, 11) is -1.63. The molecule has 0 spiro atoms. The van der Waals surface area contributed by atoms with E-state index in [0.717, 1.165) is 6.08 Å². The quantitative estimate of drug-likeness (QED) is 0.308. The molecule has 1 aliphatic heterocycles. The number of non-ortho nitro benzene ring substituents is 1. The molecule has 1 heterocycles. The van der Waals surface area contributed by atoms with Crippen LogP contribution in [0.1, 0.15) is 12.0 Å². The van der Waals surface area contributed by atoms with Gasteiger partial charge in [0.25, 0.3) is 11.6 Å². The number of esters is 1. The Bertz CT molecular complexity index is 831. The molecule has 0 N–H and O–H groups in total. The van der Waals surface area contributed by atoms with E-state index in [-0.39, 0.29) is 17.2 Å². The first-order valence-electron chi connectivity index (χ1n) is 7.73. The molecular weight excluding hydrogens is 364 g/mol. The van der Waals surface area contributed by atoms with Gasteiger partial charge in [-0.2, -0.15) is 0 Å². The first-order valence-corrected chi connectivity index (χ1v) is 9.55. The van der Waals surface area contributed by atoms with Crippen LogP contribution in [0.25, 0.3) is 6.08 Å². The molecular formula is C16H18N2O7S. The van der Waals surface area contributed by atoms with Crippen molar-refractivity contribution in [1.82, 2.24) is 4.90 Å². The van der Waals surface area contributed by atoms with Crippen LogP contribution in [0.5, 0.6) is 0 Å². The maximum Gasteiger partial charge on any atom is 0.331 e. The summed E-state index contributed by atoms with van der Waals surface area (Å²) in [6.45, 7) is -0.490. The fraction of sp³-hybridized carbons (Fsp3) is 0.375. The Labute approximate surface area is 150 Å². The Kier molecular flexibility index (Phi) is 6.09. The van der Waals surface area contributed by atoms with Gasteiger partial charge >= 0.3 is 5.97 Å². The van der Waals surface area contributed by atoms with Crippen LogP contribution >= 0.6 is 0 Å². The molecule has 10 heteroatoms. The van der Waals surface area contributed by atoms with Crippen LogP contribution in [0.3, 0.4) is 0 Å². The molecule has 9 nitrogen and oxygen atoms in total. The number of hydrogen-bond acceptors (Lipinski definition) is 7. The van der Waals surface area contributed by atoms with Crippen molar-refractivity contribution in [2.45, 2.75) is 12.5 Å². The molecule has 1 aromatic rings. The topological polar surface area (TPSA) is 124 Å². The number of hydrogen-bond donors (Lipinski definition) is 0. The first kappa shape index (κ1) is 19.6. The smallest absolute Gasteiger partial charge is 0.331 e. The zero-order valence-electron chi connectivity index (χ0n) is 14.0. The molecule has 1 fully saturated rings. The zero-order chi connectivity index (χ0) is 19.3. The summed E-state index contributed by atoms with van der Waals surface area (Å²) in [5.41, 5.74) is 0.499. The number of nitro groups is 1. The maximum atomic E-state index is 12.0. The van der Waals surface area contributed by atoms with Gasteiger partial charge in [0, 0.05) is 31.3 Å². The third-order valence-electron chi connectivity index (χ3n) is 4.00. The van der Waals surface area contributed by atoms with Gasteiger partial charge in [0.2, 0.25) is 0 Å². The minimum atomic E-state index is -3.11. The molecule has 1 aromatic carbocycles. The second-order valence-corrected chi connectivity index (χ2v) is 8.08. The lowest BCUT2D eigenvalue weighted by Gasteiger charge is -2.22. The van der Waals surface area contributed by atoms with E-state index in [1.54, 1.807) is 0 Å². The van der Waals surface area contributed by atoms with E-state index >= 15 is 0 Å². The number of benzene rings is 1. The summed E-state index contributed by atoms with van der Waals surface area (Å²) < 4.78 is 27.7. The van der Waals surface area contributed by atoms with Gasteiger partial charge in [0.1, 0.15) is 0 Å². The number of carbonyl (C=O) groups excluding carboxylic acids is 2. The highest BCUT2D eigenvalue weighted by Gasteiger charge is 2.32. The Hall–Kier alpha value is -2.75. The third kappa shape index (κ3) is 5.38. The number of rotatable bonds is 6. The lowest BCUT2D eigenvalue weighted by molar-refractivity contribution is -0.384.